The Morgan fingerprint density at radius 3 is 2.79 bits per heavy atom. The molecule has 2 aromatic rings. The number of hydrogen-bond donors (Lipinski definition) is 0. The fourth-order valence-electron chi connectivity index (χ4n) is 0.997. The number of aryl methyl sites for hydroxylation is 1. The Balaban J connectivity index is 0.000000980. The molecule has 1 radical (unpaired) electrons. The first-order chi connectivity index (χ1) is 6.27. The van der Waals surface area contributed by atoms with Crippen LogP contribution < -0.4 is 0 Å². The molecule has 14 heavy (non-hydrogen) atoms. The topological polar surface area (TPSA) is 38.9 Å². The van der Waals surface area contributed by atoms with E-state index in [1.165, 1.54) is 6.07 Å². The van der Waals surface area contributed by atoms with Crippen LogP contribution in [0.5, 0.6) is 0 Å². The predicted octanol–water partition coefficient (Wildman–Crippen LogP) is 1.98. The Hall–Kier alpha value is -1.13. The molecule has 0 saturated carbocycles. The molecule has 0 unspecified atom stereocenters. The van der Waals surface area contributed by atoms with Crippen molar-refractivity contribution in [2.75, 3.05) is 0 Å². The molecule has 0 amide bonds. The van der Waals surface area contributed by atoms with E-state index in [0.717, 1.165) is 0 Å². The zero-order valence-electron chi connectivity index (χ0n) is 7.36. The smallest absolute Gasteiger partial charge is 0.125 e. The van der Waals surface area contributed by atoms with Crippen LogP contribution >= 0.6 is 0 Å². The van der Waals surface area contributed by atoms with E-state index in [1.54, 1.807) is 19.1 Å². The van der Waals surface area contributed by atoms with E-state index in [4.69, 9.17) is 0 Å². The number of halogens is 1. The zero-order chi connectivity index (χ0) is 9.26. The molecule has 1 aromatic heterocycles. The number of rotatable bonds is 1. The van der Waals surface area contributed by atoms with Crippen molar-refractivity contribution in [2.24, 2.45) is 0 Å². The molecule has 0 aliphatic carbocycles. The summed E-state index contributed by atoms with van der Waals surface area (Å²) in [7, 11) is 0. The minimum Gasteiger partial charge on any atom is -0.458 e. The van der Waals surface area contributed by atoms with Gasteiger partial charge in [-0.05, 0) is 18.6 Å². The molecule has 71 valence electrons. The minimum absolute atomic E-state index is 0. The monoisotopic (exact) mass is 228 g/mol. The summed E-state index contributed by atoms with van der Waals surface area (Å²) < 4.78 is 17.5. The average Bonchev–Trinajstić information content (AvgIpc) is 2.62. The van der Waals surface area contributed by atoms with Gasteiger partial charge in [0.05, 0.1) is 6.39 Å². The van der Waals surface area contributed by atoms with Gasteiger partial charge in [-0.25, -0.2) is 4.39 Å². The van der Waals surface area contributed by atoms with Crippen LogP contribution in [0.2, 0.25) is 0 Å². The van der Waals surface area contributed by atoms with Gasteiger partial charge in [-0.2, -0.15) is 5.16 Å². The van der Waals surface area contributed by atoms with Gasteiger partial charge in [0.15, 0.2) is 0 Å². The van der Waals surface area contributed by atoms with Crippen molar-refractivity contribution in [1.29, 1.82) is 0 Å². The third-order valence-corrected chi connectivity index (χ3v) is 1.75. The first-order valence-corrected chi connectivity index (χ1v) is 3.73. The van der Waals surface area contributed by atoms with E-state index in [1.807, 2.05) is 0 Å². The number of nitrogens with zero attached hydrogens (tertiary/aromatic N) is 2. The van der Waals surface area contributed by atoms with Crippen molar-refractivity contribution in [2.45, 2.75) is 6.92 Å². The molecule has 2 rings (SSSR count). The fourth-order valence-corrected chi connectivity index (χ4v) is 0.997. The van der Waals surface area contributed by atoms with Crippen LogP contribution in [0, 0.1) is 19.1 Å². The van der Waals surface area contributed by atoms with Crippen LogP contribution in [-0.2, 0) is 18.6 Å². The van der Waals surface area contributed by atoms with Gasteiger partial charge in [0, 0.05) is 24.4 Å². The molecule has 0 saturated heterocycles. The van der Waals surface area contributed by atoms with Crippen molar-refractivity contribution in [3.05, 3.63) is 36.0 Å². The Morgan fingerprint density at radius 1 is 1.43 bits per heavy atom. The largest absolute Gasteiger partial charge is 0.458 e. The Bertz CT molecular complexity index is 417. The predicted molar refractivity (Wildman–Crippen MR) is 43.3 cm³/mol. The van der Waals surface area contributed by atoms with Crippen LogP contribution in [-0.4, -0.2) is 10.1 Å². The molecule has 0 N–H and O–H groups in total. The van der Waals surface area contributed by atoms with Gasteiger partial charge in [-0.15, -0.1) is 0 Å². The van der Waals surface area contributed by atoms with Gasteiger partial charge in [-0.1, -0.05) is 17.7 Å². The van der Waals surface area contributed by atoms with E-state index in [2.05, 4.69) is 21.1 Å². The second-order valence-electron chi connectivity index (χ2n) is 2.67. The molecule has 1 aromatic carbocycles. The Labute approximate surface area is 92.2 Å². The minimum atomic E-state index is -0.276. The maximum atomic E-state index is 13.1. The molecule has 5 heteroatoms. The van der Waals surface area contributed by atoms with Gasteiger partial charge in [-0.3, -0.25) is 0 Å². The van der Waals surface area contributed by atoms with Crippen LogP contribution in [0.4, 0.5) is 4.39 Å². The van der Waals surface area contributed by atoms with Crippen molar-refractivity contribution in [3.8, 4) is 11.4 Å². The molecule has 0 aliphatic heterocycles. The van der Waals surface area contributed by atoms with E-state index < -0.39 is 0 Å². The van der Waals surface area contributed by atoms with Crippen molar-refractivity contribution in [1.82, 2.24) is 10.1 Å². The first kappa shape index (κ1) is 11.0. The standard InChI is InChI=1S/C9H6FN2O.V/c1-6-2-3-7(4-8(6)10)9-11-5-13-12-9;/h2-4H,1H3;/q-1;. The van der Waals surface area contributed by atoms with Crippen molar-refractivity contribution < 1.29 is 27.5 Å². The third-order valence-electron chi connectivity index (χ3n) is 1.75. The summed E-state index contributed by atoms with van der Waals surface area (Å²) in [5.41, 5.74) is 1.18. The maximum Gasteiger partial charge on any atom is 0.125 e. The second kappa shape index (κ2) is 4.40. The zero-order valence-corrected chi connectivity index (χ0v) is 8.76. The van der Waals surface area contributed by atoms with E-state index in [9.17, 15) is 4.39 Å². The Morgan fingerprint density at radius 2 is 2.21 bits per heavy atom. The number of benzene rings is 1. The fraction of sp³-hybridized carbons (Fsp3) is 0.111. The molecule has 1 heterocycles. The third kappa shape index (κ3) is 2.03. The molecule has 0 atom stereocenters. The van der Waals surface area contributed by atoms with Gasteiger partial charge in [0.2, 0.25) is 0 Å². The molecule has 0 aliphatic rings. The van der Waals surface area contributed by atoms with Gasteiger partial charge < -0.3 is 9.51 Å². The second-order valence-corrected chi connectivity index (χ2v) is 2.67. The summed E-state index contributed by atoms with van der Waals surface area (Å²) in [4.78, 5) is 3.69. The summed E-state index contributed by atoms with van der Waals surface area (Å²) in [6.07, 6.45) is 2.20. The van der Waals surface area contributed by atoms with E-state index in [-0.39, 0.29) is 24.4 Å². The van der Waals surface area contributed by atoms with Crippen LogP contribution in [0.3, 0.4) is 0 Å². The normalized spacial score (nSPS) is 9.57. The first-order valence-electron chi connectivity index (χ1n) is 3.73. The van der Waals surface area contributed by atoms with Crippen LogP contribution in [0.15, 0.2) is 22.7 Å². The summed E-state index contributed by atoms with van der Waals surface area (Å²) in [5.74, 6) is 0.0706. The van der Waals surface area contributed by atoms with E-state index in [0.29, 0.717) is 17.0 Å². The summed E-state index contributed by atoms with van der Waals surface area (Å²) in [5, 5.41) is 3.55. The molecule has 0 spiro atoms. The van der Waals surface area contributed by atoms with E-state index >= 15 is 0 Å². The SMILES string of the molecule is Cc1ccc(-c2n[c-]on2)cc1F.[V]. The van der Waals surface area contributed by atoms with Crippen LogP contribution in [0.1, 0.15) is 5.56 Å². The summed E-state index contributed by atoms with van der Waals surface area (Å²) >= 11 is 0. The quantitative estimate of drug-likeness (QED) is 0.700. The summed E-state index contributed by atoms with van der Waals surface area (Å²) in [6.45, 7) is 1.70. The van der Waals surface area contributed by atoms with Crippen molar-refractivity contribution >= 4 is 0 Å². The maximum absolute atomic E-state index is 13.1. The van der Waals surface area contributed by atoms with Gasteiger partial charge in [0.1, 0.15) is 5.82 Å². The van der Waals surface area contributed by atoms with Gasteiger partial charge >= 0.3 is 0 Å². The number of aromatic nitrogens is 2. The van der Waals surface area contributed by atoms with Crippen LogP contribution in [0.25, 0.3) is 11.4 Å². The molecule has 0 fully saturated rings. The Kier molecular flexibility index (Phi) is 3.44. The summed E-state index contributed by atoms with van der Waals surface area (Å²) in [6, 6.07) is 4.77. The number of hydrogen-bond acceptors (Lipinski definition) is 3. The molecular formula is C9H6FN2OV-. The molecule has 3 nitrogen and oxygen atoms in total. The average molecular weight is 228 g/mol. The molecule has 0 bridgehead atoms. The van der Waals surface area contributed by atoms with Crippen molar-refractivity contribution in [3.63, 3.8) is 0 Å². The van der Waals surface area contributed by atoms with Gasteiger partial charge in [0.25, 0.3) is 0 Å². The molecular weight excluding hydrogens is 222 g/mol.